The molecule has 2 unspecified atom stereocenters. The van der Waals surface area contributed by atoms with E-state index in [0.29, 0.717) is 13.2 Å². The first-order chi connectivity index (χ1) is 12.3. The van der Waals surface area contributed by atoms with Gasteiger partial charge in [-0.05, 0) is 43.7 Å². The fourth-order valence-electron chi connectivity index (χ4n) is 3.44. The number of aliphatic hydroxyl groups excluding tert-OH is 1. The van der Waals surface area contributed by atoms with Gasteiger partial charge in [-0.15, -0.1) is 10.2 Å². The molecule has 3 aromatic heterocycles. The number of nitrogens with zero attached hydrogens (tertiary/aromatic N) is 4. The van der Waals surface area contributed by atoms with Gasteiger partial charge in [-0.2, -0.15) is 0 Å². The molecule has 132 valence electrons. The van der Waals surface area contributed by atoms with Gasteiger partial charge in [0.25, 0.3) is 0 Å². The number of ether oxygens (including phenoxy) is 1. The van der Waals surface area contributed by atoms with Gasteiger partial charge in [-0.1, -0.05) is 6.07 Å². The van der Waals surface area contributed by atoms with E-state index >= 15 is 0 Å². The number of rotatable bonds is 7. The molecule has 1 fully saturated rings. The molecule has 0 spiro atoms. The van der Waals surface area contributed by atoms with Crippen LogP contribution < -0.4 is 0 Å². The molecule has 4 heterocycles. The molecule has 0 radical (unpaired) electrons. The summed E-state index contributed by atoms with van der Waals surface area (Å²) in [6.45, 7) is 2.17. The molecule has 4 rings (SSSR count). The molecular weight excluding hydrogens is 320 g/mol. The van der Waals surface area contributed by atoms with Gasteiger partial charge in [0, 0.05) is 12.7 Å². The molecule has 1 aliphatic heterocycles. The quantitative estimate of drug-likeness (QED) is 0.708. The predicted octanol–water partition coefficient (Wildman–Crippen LogP) is 2.04. The number of furan rings is 1. The molecule has 7 nitrogen and oxygen atoms in total. The van der Waals surface area contributed by atoms with E-state index in [-0.39, 0.29) is 12.6 Å². The summed E-state index contributed by atoms with van der Waals surface area (Å²) >= 11 is 0. The van der Waals surface area contributed by atoms with Crippen molar-refractivity contribution < 1.29 is 14.3 Å². The average molecular weight is 342 g/mol. The fraction of sp³-hybridized carbons (Fsp3) is 0.444. The second kappa shape index (κ2) is 7.35. The highest BCUT2D eigenvalue weighted by atomic mass is 16.5. The highest BCUT2D eigenvalue weighted by Gasteiger charge is 2.31. The third-order valence-electron chi connectivity index (χ3n) is 4.58. The highest BCUT2D eigenvalue weighted by molar-refractivity contribution is 5.37. The van der Waals surface area contributed by atoms with Gasteiger partial charge in [0.2, 0.25) is 0 Å². The fourth-order valence-corrected chi connectivity index (χ4v) is 3.44. The van der Waals surface area contributed by atoms with Crippen LogP contribution in [0.1, 0.15) is 30.5 Å². The zero-order valence-corrected chi connectivity index (χ0v) is 14.0. The summed E-state index contributed by atoms with van der Waals surface area (Å²) in [5, 5.41) is 18.9. The third kappa shape index (κ3) is 3.58. The van der Waals surface area contributed by atoms with Crippen LogP contribution in [0.25, 0.3) is 5.65 Å². The van der Waals surface area contributed by atoms with Crippen LogP contribution >= 0.6 is 0 Å². The Balaban J connectivity index is 1.36. The Labute approximate surface area is 145 Å². The lowest BCUT2D eigenvalue weighted by molar-refractivity contribution is 0.00258. The summed E-state index contributed by atoms with van der Waals surface area (Å²) in [5.41, 5.74) is 0.853. The van der Waals surface area contributed by atoms with Gasteiger partial charge in [-0.3, -0.25) is 9.30 Å². The summed E-state index contributed by atoms with van der Waals surface area (Å²) in [7, 11) is 0. The molecule has 0 amide bonds. The largest absolute Gasteiger partial charge is 0.467 e. The van der Waals surface area contributed by atoms with Crippen molar-refractivity contribution >= 4 is 5.65 Å². The smallest absolute Gasteiger partial charge is 0.160 e. The second-order valence-electron chi connectivity index (χ2n) is 6.39. The Bertz CT molecular complexity index is 802. The van der Waals surface area contributed by atoms with E-state index in [1.54, 1.807) is 6.26 Å². The van der Waals surface area contributed by atoms with E-state index in [1.165, 1.54) is 0 Å². The summed E-state index contributed by atoms with van der Waals surface area (Å²) in [4.78, 5) is 2.27. The Morgan fingerprint density at radius 1 is 1.28 bits per heavy atom. The number of hydrogen-bond donors (Lipinski definition) is 1. The van der Waals surface area contributed by atoms with E-state index in [9.17, 15) is 5.11 Å². The van der Waals surface area contributed by atoms with Gasteiger partial charge < -0.3 is 14.3 Å². The van der Waals surface area contributed by atoms with E-state index in [2.05, 4.69) is 15.1 Å². The van der Waals surface area contributed by atoms with E-state index < -0.39 is 6.10 Å². The molecule has 1 aliphatic rings. The number of likely N-dealkylation sites (tertiary alicyclic amines) is 1. The SMILES string of the molecule is OC(COCc1ccco1)CN1CCCC1c1nnc2ccccn12. The predicted molar refractivity (Wildman–Crippen MR) is 90.9 cm³/mol. The van der Waals surface area contributed by atoms with E-state index in [0.717, 1.165) is 36.6 Å². The Morgan fingerprint density at radius 3 is 3.12 bits per heavy atom. The van der Waals surface area contributed by atoms with Gasteiger partial charge in [-0.25, -0.2) is 0 Å². The summed E-state index contributed by atoms with van der Waals surface area (Å²) in [6, 6.07) is 9.76. The van der Waals surface area contributed by atoms with Gasteiger partial charge in [0.15, 0.2) is 11.5 Å². The molecule has 7 heteroatoms. The van der Waals surface area contributed by atoms with Crippen LogP contribution in [0.4, 0.5) is 0 Å². The second-order valence-corrected chi connectivity index (χ2v) is 6.39. The van der Waals surface area contributed by atoms with Crippen molar-refractivity contribution in [3.05, 3.63) is 54.4 Å². The Morgan fingerprint density at radius 2 is 2.24 bits per heavy atom. The Kier molecular flexibility index (Phi) is 4.78. The molecule has 2 atom stereocenters. The molecule has 25 heavy (non-hydrogen) atoms. The topological polar surface area (TPSA) is 76.0 Å². The van der Waals surface area contributed by atoms with Crippen molar-refractivity contribution in [2.24, 2.45) is 0 Å². The van der Waals surface area contributed by atoms with Crippen molar-refractivity contribution in [3.8, 4) is 0 Å². The summed E-state index contributed by atoms with van der Waals surface area (Å²) in [5.74, 6) is 1.71. The average Bonchev–Trinajstić information content (AvgIpc) is 3.34. The number of aromatic nitrogens is 3. The van der Waals surface area contributed by atoms with E-state index in [1.807, 2.05) is 40.9 Å². The first-order valence-electron chi connectivity index (χ1n) is 8.63. The number of fused-ring (bicyclic) bond motifs is 1. The molecule has 3 aromatic rings. The summed E-state index contributed by atoms with van der Waals surface area (Å²) in [6.07, 6.45) is 5.17. The Hall–Kier alpha value is -2.22. The van der Waals surface area contributed by atoms with Gasteiger partial charge >= 0.3 is 0 Å². The zero-order valence-electron chi connectivity index (χ0n) is 14.0. The minimum absolute atomic E-state index is 0.178. The monoisotopic (exact) mass is 342 g/mol. The van der Waals surface area contributed by atoms with Crippen LogP contribution in [0, 0.1) is 0 Å². The molecule has 0 aliphatic carbocycles. The third-order valence-corrected chi connectivity index (χ3v) is 4.58. The molecule has 0 aromatic carbocycles. The lowest BCUT2D eigenvalue weighted by atomic mass is 10.2. The minimum atomic E-state index is -0.547. The molecule has 0 bridgehead atoms. The lowest BCUT2D eigenvalue weighted by Gasteiger charge is -2.25. The van der Waals surface area contributed by atoms with E-state index in [4.69, 9.17) is 9.15 Å². The molecule has 1 saturated heterocycles. The number of hydrogen-bond acceptors (Lipinski definition) is 6. The minimum Gasteiger partial charge on any atom is -0.467 e. The van der Waals surface area contributed by atoms with Crippen LogP contribution in [0.5, 0.6) is 0 Å². The van der Waals surface area contributed by atoms with Crippen molar-refractivity contribution in [2.75, 3.05) is 19.7 Å². The lowest BCUT2D eigenvalue weighted by Crippen LogP contribution is -2.35. The maximum Gasteiger partial charge on any atom is 0.160 e. The first kappa shape index (κ1) is 16.3. The normalized spacial score (nSPS) is 19.6. The van der Waals surface area contributed by atoms with Crippen molar-refractivity contribution in [3.63, 3.8) is 0 Å². The molecule has 1 N–H and O–H groups in total. The summed E-state index contributed by atoms with van der Waals surface area (Å²) < 4.78 is 12.8. The standard InChI is InChI=1S/C18H22N4O3/c23-14(12-24-13-15-5-4-10-25-15)11-21-8-3-6-16(21)18-20-19-17-7-1-2-9-22(17)18/h1-2,4-5,7,9-10,14,16,23H,3,6,8,11-13H2. The van der Waals surface area contributed by atoms with Crippen LogP contribution in [0.15, 0.2) is 47.2 Å². The van der Waals surface area contributed by atoms with Crippen LogP contribution in [-0.2, 0) is 11.3 Å². The number of pyridine rings is 1. The number of β-amino-alcohol motifs (C(OH)–C–C–N with tert-alkyl or cyclic N) is 1. The van der Waals surface area contributed by atoms with Crippen LogP contribution in [0.2, 0.25) is 0 Å². The number of aliphatic hydroxyl groups is 1. The van der Waals surface area contributed by atoms with Crippen molar-refractivity contribution in [2.45, 2.75) is 31.6 Å². The van der Waals surface area contributed by atoms with Crippen molar-refractivity contribution in [1.82, 2.24) is 19.5 Å². The molecule has 0 saturated carbocycles. The maximum atomic E-state index is 10.3. The van der Waals surface area contributed by atoms with Gasteiger partial charge in [0.1, 0.15) is 12.4 Å². The first-order valence-corrected chi connectivity index (χ1v) is 8.63. The molecular formula is C18H22N4O3. The zero-order chi connectivity index (χ0) is 17.1. The van der Waals surface area contributed by atoms with Gasteiger partial charge in [0.05, 0.1) is 25.0 Å². The van der Waals surface area contributed by atoms with Crippen LogP contribution in [0.3, 0.4) is 0 Å². The van der Waals surface area contributed by atoms with Crippen molar-refractivity contribution in [1.29, 1.82) is 0 Å². The maximum absolute atomic E-state index is 10.3. The van der Waals surface area contributed by atoms with Crippen LogP contribution in [-0.4, -0.2) is 50.4 Å². The highest BCUT2D eigenvalue weighted by Crippen LogP contribution is 2.31.